The third-order valence-electron chi connectivity index (χ3n) is 6.61. The van der Waals surface area contributed by atoms with Crippen LogP contribution < -0.4 is 14.7 Å². The largest absolute Gasteiger partial charge is 3.00 e. The van der Waals surface area contributed by atoms with Crippen molar-refractivity contribution in [3.63, 3.8) is 0 Å². The zero-order chi connectivity index (χ0) is 30.5. The maximum Gasteiger partial charge on any atom is 3.00 e. The molecule has 0 heterocycles. The first-order valence-electron chi connectivity index (χ1n) is 16.2. The van der Waals surface area contributed by atoms with Gasteiger partial charge in [0, 0.05) is 22.1 Å². The van der Waals surface area contributed by atoms with Gasteiger partial charge < -0.3 is 28.4 Å². The first kappa shape index (κ1) is 48.8. The number of hydrogen-bond donors (Lipinski definition) is 0. The molecule has 10 heteroatoms. The van der Waals surface area contributed by atoms with Crippen molar-refractivity contribution in [2.45, 2.75) is 157 Å². The summed E-state index contributed by atoms with van der Waals surface area (Å²) in [5.74, 6) is 0. The topological polar surface area (TPSA) is 120 Å². The minimum Gasteiger partial charge on any atom is -0.799 e. The molecular formula is C30H66NdO6P3. The van der Waals surface area contributed by atoms with E-state index in [9.17, 15) is 28.4 Å². The SMILES string of the molecule is CCCCCP(=O)([O-])CCCCC.CCCCCP(=O)([O-])CCCCC.CCCCCP(=O)([O-])CCCCC.[Nd+3]. The van der Waals surface area contributed by atoms with Crippen LogP contribution in [0.4, 0.5) is 0 Å². The van der Waals surface area contributed by atoms with Crippen molar-refractivity contribution in [2.24, 2.45) is 0 Å². The molecular weight excluding hydrogens is 693 g/mol. The standard InChI is InChI=1S/3C10H23O2P.Nd/c3*1-3-5-7-9-13(11,12)10-8-6-4-2;/h3*3-10H2,1-2H3,(H,11,12);/q;;;+3/p-3. The maximum absolute atomic E-state index is 11.4. The summed E-state index contributed by atoms with van der Waals surface area (Å²) in [6.07, 6.45) is 20.4. The summed E-state index contributed by atoms with van der Waals surface area (Å²) in [6.45, 7) is 12.5. The molecule has 6 nitrogen and oxygen atoms in total. The van der Waals surface area contributed by atoms with Crippen LogP contribution in [0.25, 0.3) is 0 Å². The predicted octanol–water partition coefficient (Wildman–Crippen LogP) is 9.02. The molecule has 0 aromatic rings. The molecule has 0 fully saturated rings. The Kier molecular flexibility index (Phi) is 41.3. The molecule has 0 unspecified atom stereocenters. The summed E-state index contributed by atoms with van der Waals surface area (Å²) in [7, 11) is -9.01. The molecule has 0 saturated heterocycles. The van der Waals surface area contributed by atoms with Crippen LogP contribution in [0, 0.1) is 40.8 Å². The normalized spacial score (nSPS) is 11.6. The van der Waals surface area contributed by atoms with Crippen LogP contribution in [-0.2, 0) is 13.7 Å². The Morgan fingerprint density at radius 1 is 0.325 bits per heavy atom. The number of unbranched alkanes of at least 4 members (excludes halogenated alkanes) is 12. The second kappa shape index (κ2) is 33.8. The Bertz CT molecular complexity index is 521. The van der Waals surface area contributed by atoms with E-state index in [2.05, 4.69) is 41.5 Å². The smallest absolute Gasteiger partial charge is 0.799 e. The van der Waals surface area contributed by atoms with E-state index in [0.717, 1.165) is 116 Å². The molecule has 0 aliphatic rings. The quantitative estimate of drug-likeness (QED) is 0.0716. The predicted molar refractivity (Wildman–Crippen MR) is 169 cm³/mol. The molecule has 0 saturated carbocycles. The van der Waals surface area contributed by atoms with Crippen molar-refractivity contribution in [3.8, 4) is 0 Å². The van der Waals surface area contributed by atoms with Gasteiger partial charge >= 0.3 is 40.8 Å². The number of rotatable bonds is 24. The van der Waals surface area contributed by atoms with Crippen LogP contribution in [-0.4, -0.2) is 37.0 Å². The van der Waals surface area contributed by atoms with Gasteiger partial charge in [0.2, 0.25) is 0 Å². The molecule has 1 radical (unpaired) electrons. The van der Waals surface area contributed by atoms with Gasteiger partial charge in [0.25, 0.3) is 0 Å². The van der Waals surface area contributed by atoms with Crippen LogP contribution >= 0.6 is 22.1 Å². The van der Waals surface area contributed by atoms with E-state index in [-0.39, 0.29) is 40.8 Å². The fourth-order valence-electron chi connectivity index (χ4n) is 3.95. The van der Waals surface area contributed by atoms with E-state index in [0.29, 0.717) is 37.0 Å². The Balaban J connectivity index is -0.000000240. The van der Waals surface area contributed by atoms with Crippen LogP contribution in [0.3, 0.4) is 0 Å². The van der Waals surface area contributed by atoms with Crippen molar-refractivity contribution in [3.05, 3.63) is 0 Å². The van der Waals surface area contributed by atoms with E-state index in [1.54, 1.807) is 0 Å². The van der Waals surface area contributed by atoms with Gasteiger partial charge in [-0.25, -0.2) is 0 Å². The summed E-state index contributed by atoms with van der Waals surface area (Å²) < 4.78 is 34.2. The van der Waals surface area contributed by atoms with E-state index in [1.165, 1.54) is 0 Å². The zero-order valence-electron chi connectivity index (χ0n) is 27.3. The molecule has 0 atom stereocenters. The van der Waals surface area contributed by atoms with Crippen molar-refractivity contribution in [1.82, 2.24) is 0 Å². The van der Waals surface area contributed by atoms with Crippen LogP contribution in [0.15, 0.2) is 0 Å². The Morgan fingerprint density at radius 2 is 0.450 bits per heavy atom. The molecule has 0 aliphatic carbocycles. The van der Waals surface area contributed by atoms with E-state index in [4.69, 9.17) is 0 Å². The van der Waals surface area contributed by atoms with E-state index >= 15 is 0 Å². The summed E-state index contributed by atoms with van der Waals surface area (Å²) in [5.41, 5.74) is 0. The molecule has 0 N–H and O–H groups in total. The van der Waals surface area contributed by atoms with Crippen LogP contribution in [0.1, 0.15) is 157 Å². The summed E-state index contributed by atoms with van der Waals surface area (Å²) >= 11 is 0. The van der Waals surface area contributed by atoms with E-state index in [1.807, 2.05) is 0 Å². The van der Waals surface area contributed by atoms with E-state index < -0.39 is 22.1 Å². The molecule has 241 valence electrons. The Labute approximate surface area is 283 Å². The summed E-state index contributed by atoms with van der Waals surface area (Å²) in [5, 5.41) is 0. The first-order chi connectivity index (χ1) is 18.4. The van der Waals surface area contributed by atoms with Gasteiger partial charge in [-0.15, -0.1) is 0 Å². The third-order valence-corrected chi connectivity index (χ3v) is 12.6. The van der Waals surface area contributed by atoms with Gasteiger partial charge in [-0.1, -0.05) is 119 Å². The van der Waals surface area contributed by atoms with Gasteiger partial charge in [0.1, 0.15) is 0 Å². The molecule has 0 aliphatic heterocycles. The van der Waals surface area contributed by atoms with Crippen LogP contribution in [0.2, 0.25) is 0 Å². The Morgan fingerprint density at radius 3 is 0.550 bits per heavy atom. The van der Waals surface area contributed by atoms with Crippen molar-refractivity contribution < 1.29 is 69.2 Å². The third kappa shape index (κ3) is 42.1. The minimum absolute atomic E-state index is 0. The summed E-state index contributed by atoms with van der Waals surface area (Å²) in [6, 6.07) is 0. The van der Waals surface area contributed by atoms with Crippen LogP contribution in [0.5, 0.6) is 0 Å². The molecule has 0 spiro atoms. The molecule has 0 aromatic heterocycles. The molecule has 40 heavy (non-hydrogen) atoms. The fraction of sp³-hybridized carbons (Fsp3) is 1.00. The fourth-order valence-corrected chi connectivity index (χ4v) is 8.85. The molecule has 0 bridgehead atoms. The molecule has 0 aromatic carbocycles. The first-order valence-corrected chi connectivity index (χ1v) is 22.2. The minimum atomic E-state index is -3.00. The summed E-state index contributed by atoms with van der Waals surface area (Å²) in [4.78, 5) is 34.2. The maximum atomic E-state index is 11.4. The second-order valence-corrected chi connectivity index (χ2v) is 18.6. The Hall–Kier alpha value is 1.92. The van der Waals surface area contributed by atoms with Crippen molar-refractivity contribution in [2.75, 3.05) is 37.0 Å². The van der Waals surface area contributed by atoms with Crippen molar-refractivity contribution >= 4 is 22.1 Å². The zero-order valence-corrected chi connectivity index (χ0v) is 33.2. The average molecular weight is 760 g/mol. The van der Waals surface area contributed by atoms with Crippen molar-refractivity contribution in [1.29, 1.82) is 0 Å². The van der Waals surface area contributed by atoms with Gasteiger partial charge in [-0.3, -0.25) is 0 Å². The van der Waals surface area contributed by atoms with Gasteiger partial charge in [-0.2, -0.15) is 0 Å². The monoisotopic (exact) mass is 757 g/mol. The second-order valence-electron chi connectivity index (χ2n) is 11.0. The number of hydrogen-bond acceptors (Lipinski definition) is 6. The van der Waals surface area contributed by atoms with Gasteiger partial charge in [-0.05, 0) is 75.5 Å². The van der Waals surface area contributed by atoms with Gasteiger partial charge in [0.05, 0.1) is 0 Å². The average Bonchev–Trinajstić information content (AvgIpc) is 2.85. The van der Waals surface area contributed by atoms with Gasteiger partial charge in [0.15, 0.2) is 0 Å². The molecule has 0 rings (SSSR count). The molecule has 0 amide bonds.